The highest BCUT2D eigenvalue weighted by atomic mass is 19.4. The largest absolute Gasteiger partial charge is 0.406 e. The molecule has 0 spiro atoms. The van der Waals surface area contributed by atoms with Crippen molar-refractivity contribution in [2.75, 3.05) is 18.0 Å². The highest BCUT2D eigenvalue weighted by molar-refractivity contribution is 6.05. The van der Waals surface area contributed by atoms with Crippen LogP contribution < -0.4 is 4.90 Å². The summed E-state index contributed by atoms with van der Waals surface area (Å²) in [6.07, 6.45) is -4.71. The second kappa shape index (κ2) is 5.15. The first-order chi connectivity index (χ1) is 9.28. The number of nitrogens with zero attached hydrogens (tertiary/aromatic N) is 2. The summed E-state index contributed by atoms with van der Waals surface area (Å²) in [6.45, 7) is 0.406. The molecular formula is C13H13F3N2O2. The molecule has 20 heavy (non-hydrogen) atoms. The molecule has 7 heteroatoms. The smallest absolute Gasteiger partial charge is 0.293 e. The predicted octanol–water partition coefficient (Wildman–Crippen LogP) is 2.72. The van der Waals surface area contributed by atoms with Crippen molar-refractivity contribution in [3.8, 4) is 0 Å². The van der Waals surface area contributed by atoms with Crippen molar-refractivity contribution in [2.45, 2.75) is 19.5 Å². The normalized spacial score (nSPS) is 16.8. The highest BCUT2D eigenvalue weighted by Crippen LogP contribution is 2.24. The van der Waals surface area contributed by atoms with E-state index in [-0.39, 0.29) is 17.9 Å². The fourth-order valence-corrected chi connectivity index (χ4v) is 1.99. The lowest BCUT2D eigenvalue weighted by Gasteiger charge is -2.34. The molecule has 1 aliphatic rings. The summed E-state index contributed by atoms with van der Waals surface area (Å²) in [6, 6.07) is 5.88. The molecule has 0 unspecified atom stereocenters. The molecule has 0 atom stereocenters. The van der Waals surface area contributed by atoms with Crippen LogP contribution in [0.15, 0.2) is 24.3 Å². The van der Waals surface area contributed by atoms with Crippen LogP contribution in [0.5, 0.6) is 0 Å². The number of carbonyl (C=O) groups excluding carboxylic acids is 2. The first-order valence-corrected chi connectivity index (χ1v) is 6.03. The Morgan fingerprint density at radius 2 is 1.75 bits per heavy atom. The van der Waals surface area contributed by atoms with Crippen LogP contribution in [0.3, 0.4) is 0 Å². The number of hydrogen-bond donors (Lipinski definition) is 0. The van der Waals surface area contributed by atoms with Gasteiger partial charge in [-0.25, -0.2) is 4.79 Å². The van der Waals surface area contributed by atoms with Gasteiger partial charge in [0.1, 0.15) is 6.54 Å². The summed E-state index contributed by atoms with van der Waals surface area (Å²) in [5, 5.41) is 0. The Bertz CT molecular complexity index is 525. The van der Waals surface area contributed by atoms with Gasteiger partial charge in [-0.2, -0.15) is 13.2 Å². The van der Waals surface area contributed by atoms with Crippen molar-refractivity contribution >= 4 is 17.6 Å². The minimum Gasteiger partial charge on any atom is -0.293 e. The molecule has 0 saturated carbocycles. The molecule has 0 bridgehead atoms. The average Bonchev–Trinajstić information content (AvgIpc) is 2.35. The molecular weight excluding hydrogens is 273 g/mol. The van der Waals surface area contributed by atoms with Crippen molar-refractivity contribution in [1.82, 2.24) is 4.90 Å². The van der Waals surface area contributed by atoms with Crippen molar-refractivity contribution in [3.63, 3.8) is 0 Å². The first-order valence-electron chi connectivity index (χ1n) is 6.03. The van der Waals surface area contributed by atoms with Gasteiger partial charge in [-0.1, -0.05) is 17.7 Å². The number of aryl methyl sites for hydroxylation is 1. The van der Waals surface area contributed by atoms with E-state index in [4.69, 9.17) is 0 Å². The lowest BCUT2D eigenvalue weighted by molar-refractivity contribution is -0.155. The minimum atomic E-state index is -4.60. The zero-order valence-corrected chi connectivity index (χ0v) is 10.8. The monoisotopic (exact) mass is 286 g/mol. The molecule has 2 rings (SSSR count). The number of alkyl halides is 3. The van der Waals surface area contributed by atoms with Crippen LogP contribution >= 0.6 is 0 Å². The maximum absolute atomic E-state index is 12.4. The number of benzene rings is 1. The third kappa shape index (κ3) is 3.09. The van der Waals surface area contributed by atoms with Crippen LogP contribution in [0.4, 0.5) is 23.7 Å². The molecule has 1 aliphatic heterocycles. The van der Waals surface area contributed by atoms with E-state index >= 15 is 0 Å². The molecule has 0 aliphatic carbocycles. The van der Waals surface area contributed by atoms with Crippen LogP contribution in [-0.2, 0) is 4.79 Å². The number of hydrogen-bond acceptors (Lipinski definition) is 2. The molecule has 1 saturated heterocycles. The lowest BCUT2D eigenvalue weighted by Crippen LogP contribution is -2.55. The molecule has 0 radical (unpaired) electrons. The van der Waals surface area contributed by atoms with Crippen molar-refractivity contribution in [2.24, 2.45) is 0 Å². The van der Waals surface area contributed by atoms with Gasteiger partial charge in [0.25, 0.3) is 0 Å². The number of amides is 3. The number of imide groups is 1. The second-order valence-electron chi connectivity index (χ2n) is 4.61. The summed E-state index contributed by atoms with van der Waals surface area (Å²) in [4.78, 5) is 25.0. The molecule has 4 nitrogen and oxygen atoms in total. The maximum Gasteiger partial charge on any atom is 0.406 e. The van der Waals surface area contributed by atoms with E-state index in [1.54, 1.807) is 24.3 Å². The van der Waals surface area contributed by atoms with Gasteiger partial charge in [0.05, 0.1) is 0 Å². The molecule has 1 fully saturated rings. The minimum absolute atomic E-state index is 0.0923. The van der Waals surface area contributed by atoms with Gasteiger partial charge in [-0.05, 0) is 19.1 Å². The molecule has 1 aromatic carbocycles. The Kier molecular flexibility index (Phi) is 3.69. The van der Waals surface area contributed by atoms with Gasteiger partial charge in [-0.15, -0.1) is 0 Å². The van der Waals surface area contributed by atoms with Crippen LogP contribution in [0.2, 0.25) is 0 Å². The van der Waals surface area contributed by atoms with E-state index in [2.05, 4.69) is 0 Å². The van der Waals surface area contributed by atoms with Gasteiger partial charge in [-0.3, -0.25) is 14.6 Å². The molecule has 1 heterocycles. The van der Waals surface area contributed by atoms with Crippen LogP contribution in [0.25, 0.3) is 0 Å². The van der Waals surface area contributed by atoms with Crippen molar-refractivity contribution in [1.29, 1.82) is 0 Å². The summed E-state index contributed by atoms with van der Waals surface area (Å²) in [5.41, 5.74) is 1.46. The molecule has 0 N–H and O–H groups in total. The summed E-state index contributed by atoms with van der Waals surface area (Å²) in [5.74, 6) is -0.796. The quantitative estimate of drug-likeness (QED) is 0.838. The second-order valence-corrected chi connectivity index (χ2v) is 4.61. The summed E-state index contributed by atoms with van der Waals surface area (Å²) < 4.78 is 37.2. The van der Waals surface area contributed by atoms with E-state index in [9.17, 15) is 22.8 Å². The number of anilines is 1. The van der Waals surface area contributed by atoms with Gasteiger partial charge >= 0.3 is 12.2 Å². The number of rotatable bonds is 2. The summed E-state index contributed by atoms with van der Waals surface area (Å²) in [7, 11) is 0. The van der Waals surface area contributed by atoms with E-state index in [0.717, 1.165) is 5.56 Å². The van der Waals surface area contributed by atoms with E-state index < -0.39 is 24.7 Å². The predicted molar refractivity (Wildman–Crippen MR) is 66.3 cm³/mol. The molecule has 108 valence electrons. The number of urea groups is 1. The highest BCUT2D eigenvalue weighted by Gasteiger charge is 2.40. The van der Waals surface area contributed by atoms with Crippen LogP contribution in [-0.4, -0.2) is 36.1 Å². The van der Waals surface area contributed by atoms with Gasteiger partial charge in [0.2, 0.25) is 5.91 Å². The fourth-order valence-electron chi connectivity index (χ4n) is 1.99. The van der Waals surface area contributed by atoms with E-state index in [1.807, 2.05) is 6.92 Å². The van der Waals surface area contributed by atoms with Crippen molar-refractivity contribution in [3.05, 3.63) is 29.8 Å². The standard InChI is InChI=1S/C13H13F3N2O2/c1-9-2-4-10(5-3-9)17-7-6-11(19)18(12(17)20)8-13(14,15)16/h2-5H,6-8H2,1H3. The van der Waals surface area contributed by atoms with Gasteiger partial charge < -0.3 is 0 Å². The topological polar surface area (TPSA) is 40.6 Å². The molecule has 1 aromatic rings. The van der Waals surface area contributed by atoms with Gasteiger partial charge in [0, 0.05) is 18.7 Å². The summed E-state index contributed by atoms with van der Waals surface area (Å²) >= 11 is 0. The third-order valence-corrected chi connectivity index (χ3v) is 3.00. The Labute approximate surface area is 113 Å². The average molecular weight is 286 g/mol. The molecule has 0 aromatic heterocycles. The Balaban J connectivity index is 2.22. The Hall–Kier alpha value is -2.05. The van der Waals surface area contributed by atoms with Crippen molar-refractivity contribution < 1.29 is 22.8 Å². The SMILES string of the molecule is Cc1ccc(N2CCC(=O)N(CC(F)(F)F)C2=O)cc1. The Morgan fingerprint density at radius 3 is 2.30 bits per heavy atom. The Morgan fingerprint density at radius 1 is 1.15 bits per heavy atom. The first kappa shape index (κ1) is 14.4. The lowest BCUT2D eigenvalue weighted by atomic mass is 10.2. The molecule has 3 amide bonds. The maximum atomic E-state index is 12.4. The van der Waals surface area contributed by atoms with E-state index in [1.165, 1.54) is 4.90 Å². The van der Waals surface area contributed by atoms with Crippen LogP contribution in [0.1, 0.15) is 12.0 Å². The zero-order valence-electron chi connectivity index (χ0n) is 10.8. The van der Waals surface area contributed by atoms with Gasteiger partial charge in [0.15, 0.2) is 0 Å². The third-order valence-electron chi connectivity index (χ3n) is 3.00. The number of halogens is 3. The number of carbonyl (C=O) groups is 2. The fraction of sp³-hybridized carbons (Fsp3) is 0.385. The van der Waals surface area contributed by atoms with Crippen LogP contribution in [0, 0.1) is 6.92 Å². The van der Waals surface area contributed by atoms with E-state index in [0.29, 0.717) is 5.69 Å². The zero-order chi connectivity index (χ0) is 14.9.